The third-order valence-electron chi connectivity index (χ3n) is 5.72. The fourth-order valence-corrected chi connectivity index (χ4v) is 6.67. The summed E-state index contributed by atoms with van der Waals surface area (Å²) >= 11 is 0. The summed E-state index contributed by atoms with van der Waals surface area (Å²) in [5.74, 6) is -0.702. The van der Waals surface area contributed by atoms with Crippen molar-refractivity contribution in [3.05, 3.63) is 88.1 Å². The first-order valence-corrected chi connectivity index (χ1v) is 12.4. The average molecular weight is 470 g/mol. The van der Waals surface area contributed by atoms with Gasteiger partial charge in [-0.05, 0) is 42.0 Å². The molecule has 0 unspecified atom stereocenters. The largest absolute Gasteiger partial charge is 0.333 e. The van der Waals surface area contributed by atoms with E-state index in [1.165, 1.54) is 18.2 Å². The number of H-pyrrole nitrogens is 1. The van der Waals surface area contributed by atoms with Gasteiger partial charge in [-0.15, -0.1) is 0 Å². The Hall–Kier alpha value is -3.29. The highest BCUT2D eigenvalue weighted by Crippen LogP contribution is 2.55. The van der Waals surface area contributed by atoms with Gasteiger partial charge in [0.25, 0.3) is 5.56 Å². The minimum Gasteiger partial charge on any atom is -0.333 e. The second kappa shape index (κ2) is 8.57. The molecule has 1 aliphatic rings. The Morgan fingerprint density at radius 2 is 1.85 bits per heavy atom. The number of aromatic amines is 1. The van der Waals surface area contributed by atoms with Crippen LogP contribution in [-0.2, 0) is 6.37 Å². The first kappa shape index (κ1) is 19.2. The molecular formula is C23H21F2N5O2P+. The molecule has 3 heterocycles. The third kappa shape index (κ3) is 4.21. The van der Waals surface area contributed by atoms with Crippen molar-refractivity contribution in [1.29, 1.82) is 0 Å². The molecule has 33 heavy (non-hydrogen) atoms. The number of fused-ring (bicyclic) bond motifs is 1. The van der Waals surface area contributed by atoms with Crippen molar-refractivity contribution in [2.45, 2.75) is 6.37 Å². The smallest absolute Gasteiger partial charge is 0.272 e. The Balaban J connectivity index is 1.51. The van der Waals surface area contributed by atoms with Crippen LogP contribution in [-0.4, -0.2) is 50.5 Å². The molecule has 0 radical (unpaired) electrons. The molecule has 0 amide bonds. The van der Waals surface area contributed by atoms with Crippen LogP contribution in [0.25, 0.3) is 10.8 Å². The van der Waals surface area contributed by atoms with E-state index in [0.717, 1.165) is 18.2 Å². The van der Waals surface area contributed by atoms with E-state index >= 15 is 0 Å². The van der Waals surface area contributed by atoms with Crippen LogP contribution in [0.2, 0.25) is 0 Å². The normalized spacial score (nSPS) is 17.0. The van der Waals surface area contributed by atoms with Crippen LogP contribution in [0.3, 0.4) is 0 Å². The lowest BCUT2D eigenvalue weighted by molar-refractivity contribution is 0.585. The van der Waals surface area contributed by atoms with Crippen LogP contribution in [0.4, 0.5) is 14.7 Å². The van der Waals surface area contributed by atoms with Gasteiger partial charge in [-0.25, -0.2) is 28.7 Å². The standard InChI is InChI=1S/C23H20F2N5O2P/c24-16-3-4-17-18(14-16)22(31)29-28-20(17)12-15-2-5-19(25)21(13-15)33(32)10-8-30(9-11-33)23-26-6-1-7-27-23/h1-7,13-14,32H,8-12H2/p+1/i12D2. The molecule has 0 aliphatic carbocycles. The van der Waals surface area contributed by atoms with Crippen molar-refractivity contribution in [3.8, 4) is 0 Å². The average Bonchev–Trinajstić information content (AvgIpc) is 2.85. The number of benzene rings is 2. The lowest BCUT2D eigenvalue weighted by Crippen LogP contribution is -2.40. The maximum atomic E-state index is 15.0. The number of nitrogens with zero attached hydrogens (tertiary/aromatic N) is 4. The Morgan fingerprint density at radius 1 is 1.09 bits per heavy atom. The van der Waals surface area contributed by atoms with Gasteiger partial charge in [-0.2, -0.15) is 5.10 Å². The van der Waals surface area contributed by atoms with E-state index in [2.05, 4.69) is 20.2 Å². The highest BCUT2D eigenvalue weighted by atomic mass is 31.2. The number of halogens is 2. The highest BCUT2D eigenvalue weighted by Gasteiger charge is 2.45. The molecule has 2 N–H and O–H groups in total. The van der Waals surface area contributed by atoms with Crippen molar-refractivity contribution >= 4 is 29.5 Å². The van der Waals surface area contributed by atoms with Crippen molar-refractivity contribution in [2.75, 3.05) is 30.3 Å². The predicted octanol–water partition coefficient (Wildman–Crippen LogP) is 2.65. The molecule has 0 saturated carbocycles. The molecule has 2 aromatic heterocycles. The van der Waals surface area contributed by atoms with Crippen molar-refractivity contribution in [2.24, 2.45) is 0 Å². The Kier molecular flexibility index (Phi) is 4.99. The van der Waals surface area contributed by atoms with Crippen LogP contribution in [0.5, 0.6) is 0 Å². The Bertz CT molecular complexity index is 1460. The Morgan fingerprint density at radius 3 is 2.61 bits per heavy atom. The molecule has 5 rings (SSSR count). The second-order valence-corrected chi connectivity index (χ2v) is 11.0. The summed E-state index contributed by atoms with van der Waals surface area (Å²) in [6, 6.07) is 8.93. The molecule has 10 heteroatoms. The van der Waals surface area contributed by atoms with Crippen LogP contribution in [0.1, 0.15) is 14.0 Å². The maximum absolute atomic E-state index is 15.0. The monoisotopic (exact) mass is 470 g/mol. The van der Waals surface area contributed by atoms with Gasteiger partial charge >= 0.3 is 0 Å². The second-order valence-electron chi connectivity index (χ2n) is 7.79. The fourth-order valence-electron chi connectivity index (χ4n) is 3.97. The van der Waals surface area contributed by atoms with E-state index in [4.69, 9.17) is 2.74 Å². The molecule has 0 atom stereocenters. The summed E-state index contributed by atoms with van der Waals surface area (Å²) in [4.78, 5) is 34.0. The summed E-state index contributed by atoms with van der Waals surface area (Å²) in [5.41, 5.74) is -0.708. The summed E-state index contributed by atoms with van der Waals surface area (Å²) in [5, 5.41) is 6.32. The molecule has 0 spiro atoms. The summed E-state index contributed by atoms with van der Waals surface area (Å²) in [6.07, 6.45) is 1.60. The number of rotatable bonds is 4. The van der Waals surface area contributed by atoms with E-state index in [1.54, 1.807) is 18.5 Å². The van der Waals surface area contributed by atoms with E-state index in [1.807, 2.05) is 4.90 Å². The predicted molar refractivity (Wildman–Crippen MR) is 124 cm³/mol. The van der Waals surface area contributed by atoms with Gasteiger partial charge in [-0.1, -0.05) is 6.07 Å². The molecule has 4 aromatic rings. The number of hydrogen-bond donors (Lipinski definition) is 2. The molecule has 0 bridgehead atoms. The SMILES string of the molecule is [2H]C([2H])(c1ccc(F)c([P+]2(O)CCN(c3ncccn3)CC2)c1)c1n[nH]c(=O)c2cc(F)ccc12. The topological polar surface area (TPSA) is 95.0 Å². The van der Waals surface area contributed by atoms with Gasteiger partial charge in [0.1, 0.15) is 18.1 Å². The Labute approximate surface area is 191 Å². The van der Waals surface area contributed by atoms with Gasteiger partial charge in [-0.3, -0.25) is 4.79 Å². The lowest BCUT2D eigenvalue weighted by Gasteiger charge is -2.32. The zero-order chi connectivity index (χ0) is 24.8. The van der Waals surface area contributed by atoms with Gasteiger partial charge < -0.3 is 4.90 Å². The van der Waals surface area contributed by atoms with Crippen LogP contribution >= 0.6 is 7.49 Å². The summed E-state index contributed by atoms with van der Waals surface area (Å²) in [6.45, 7) is 0.866. The van der Waals surface area contributed by atoms with E-state index < -0.39 is 31.1 Å². The quantitative estimate of drug-likeness (QED) is 0.446. The zero-order valence-corrected chi connectivity index (χ0v) is 18.3. The molecule has 1 saturated heterocycles. The van der Waals surface area contributed by atoms with Crippen molar-refractivity contribution in [1.82, 2.24) is 20.2 Å². The van der Waals surface area contributed by atoms with E-state index in [9.17, 15) is 18.5 Å². The van der Waals surface area contributed by atoms with Gasteiger partial charge in [0.2, 0.25) is 5.95 Å². The molecular weight excluding hydrogens is 447 g/mol. The number of nitrogens with one attached hydrogen (secondary N) is 1. The summed E-state index contributed by atoms with van der Waals surface area (Å²) < 4.78 is 46.2. The number of aromatic nitrogens is 4. The zero-order valence-electron chi connectivity index (χ0n) is 19.4. The van der Waals surface area contributed by atoms with Gasteiger partial charge in [0, 0.05) is 26.9 Å². The van der Waals surface area contributed by atoms with Gasteiger partial charge in [0.05, 0.1) is 24.2 Å². The minimum atomic E-state index is -2.93. The van der Waals surface area contributed by atoms with E-state index in [-0.39, 0.29) is 27.3 Å². The first-order chi connectivity index (χ1) is 16.7. The fraction of sp³-hybridized carbons (Fsp3) is 0.217. The highest BCUT2D eigenvalue weighted by molar-refractivity contribution is 7.77. The third-order valence-corrected chi connectivity index (χ3v) is 8.84. The van der Waals surface area contributed by atoms with Crippen molar-refractivity contribution in [3.63, 3.8) is 0 Å². The molecule has 1 fully saturated rings. The van der Waals surface area contributed by atoms with E-state index in [0.29, 0.717) is 31.4 Å². The lowest BCUT2D eigenvalue weighted by atomic mass is 10.0. The maximum Gasteiger partial charge on any atom is 0.272 e. The van der Waals surface area contributed by atoms with Crippen LogP contribution < -0.4 is 15.8 Å². The molecule has 7 nitrogen and oxygen atoms in total. The van der Waals surface area contributed by atoms with Crippen molar-refractivity contribution < 1.29 is 16.4 Å². The molecule has 168 valence electrons. The molecule has 2 aromatic carbocycles. The first-order valence-electron chi connectivity index (χ1n) is 11.3. The number of anilines is 1. The van der Waals surface area contributed by atoms with Crippen LogP contribution in [0.15, 0.2) is 59.7 Å². The molecule has 1 aliphatic heterocycles. The minimum absolute atomic E-state index is 0.0390. The summed E-state index contributed by atoms with van der Waals surface area (Å²) in [7, 11) is -2.93. The van der Waals surface area contributed by atoms with Gasteiger partial charge in [0.15, 0.2) is 18.6 Å². The van der Waals surface area contributed by atoms with Crippen LogP contribution in [0, 0.1) is 11.6 Å². The number of hydrogen-bond acceptors (Lipinski definition) is 6.